The molecule has 0 aliphatic carbocycles. The third-order valence-corrected chi connectivity index (χ3v) is 3.86. The van der Waals surface area contributed by atoms with Crippen molar-refractivity contribution in [3.05, 3.63) is 71.8 Å². The SMILES string of the molecule is COCC(=O)c1cccc2c(-c3ccc(C=O)cc3)cccc12. The second-order valence-corrected chi connectivity index (χ2v) is 5.30. The fourth-order valence-corrected chi connectivity index (χ4v) is 2.75. The Hall–Kier alpha value is -2.78. The van der Waals surface area contributed by atoms with Gasteiger partial charge >= 0.3 is 0 Å². The van der Waals surface area contributed by atoms with Crippen molar-refractivity contribution in [1.82, 2.24) is 0 Å². The Balaban J connectivity index is 2.17. The van der Waals surface area contributed by atoms with Gasteiger partial charge in [0.25, 0.3) is 0 Å². The quantitative estimate of drug-likeness (QED) is 0.525. The highest BCUT2D eigenvalue weighted by Crippen LogP contribution is 2.30. The van der Waals surface area contributed by atoms with Gasteiger partial charge in [-0.25, -0.2) is 0 Å². The molecular weight excluding hydrogens is 288 g/mol. The average Bonchev–Trinajstić information content (AvgIpc) is 2.61. The molecule has 0 aliphatic heterocycles. The van der Waals surface area contributed by atoms with Crippen LogP contribution in [0.1, 0.15) is 20.7 Å². The molecule has 0 N–H and O–H groups in total. The molecule has 3 nitrogen and oxygen atoms in total. The van der Waals surface area contributed by atoms with Crippen LogP contribution in [-0.4, -0.2) is 25.8 Å². The van der Waals surface area contributed by atoms with Gasteiger partial charge in [0.1, 0.15) is 12.9 Å². The normalized spacial score (nSPS) is 10.7. The predicted octanol–water partition coefficient (Wildman–Crippen LogP) is 4.15. The monoisotopic (exact) mass is 304 g/mol. The van der Waals surface area contributed by atoms with E-state index in [0.717, 1.165) is 28.2 Å². The number of ether oxygens (including phenoxy) is 1. The van der Waals surface area contributed by atoms with Gasteiger partial charge in [0.05, 0.1) is 0 Å². The zero-order chi connectivity index (χ0) is 16.2. The second kappa shape index (κ2) is 6.55. The zero-order valence-electron chi connectivity index (χ0n) is 12.8. The number of benzene rings is 3. The first-order valence-electron chi connectivity index (χ1n) is 7.34. The molecule has 3 rings (SSSR count). The molecule has 0 amide bonds. The Morgan fingerprint density at radius 1 is 0.957 bits per heavy atom. The number of carbonyl (C=O) groups is 2. The summed E-state index contributed by atoms with van der Waals surface area (Å²) in [5, 5.41) is 1.92. The summed E-state index contributed by atoms with van der Waals surface area (Å²) in [5.41, 5.74) is 3.35. The lowest BCUT2D eigenvalue weighted by Gasteiger charge is -2.10. The van der Waals surface area contributed by atoms with Crippen LogP contribution in [0, 0.1) is 0 Å². The van der Waals surface area contributed by atoms with Crippen molar-refractivity contribution >= 4 is 22.8 Å². The van der Waals surface area contributed by atoms with Crippen molar-refractivity contribution in [1.29, 1.82) is 0 Å². The van der Waals surface area contributed by atoms with Crippen LogP contribution in [0.4, 0.5) is 0 Å². The third kappa shape index (κ3) is 2.91. The van der Waals surface area contributed by atoms with Gasteiger partial charge in [0.15, 0.2) is 5.78 Å². The fraction of sp³-hybridized carbons (Fsp3) is 0.100. The highest BCUT2D eigenvalue weighted by Gasteiger charge is 2.12. The molecule has 0 bridgehead atoms. The van der Waals surface area contributed by atoms with Crippen LogP contribution in [0.3, 0.4) is 0 Å². The molecule has 0 spiro atoms. The van der Waals surface area contributed by atoms with Gasteiger partial charge < -0.3 is 4.74 Å². The van der Waals surface area contributed by atoms with Crippen LogP contribution in [0.15, 0.2) is 60.7 Å². The molecule has 0 unspecified atom stereocenters. The standard InChI is InChI=1S/C20H16O3/c1-23-13-20(22)19-7-3-5-17-16(4-2-6-18(17)19)15-10-8-14(12-21)9-11-15/h2-12H,13H2,1H3. The van der Waals surface area contributed by atoms with E-state index in [-0.39, 0.29) is 12.4 Å². The second-order valence-electron chi connectivity index (χ2n) is 5.30. The minimum absolute atomic E-state index is 0.0356. The minimum Gasteiger partial charge on any atom is -0.377 e. The summed E-state index contributed by atoms with van der Waals surface area (Å²) in [5.74, 6) is -0.0356. The molecule has 0 atom stereocenters. The Morgan fingerprint density at radius 2 is 1.65 bits per heavy atom. The Bertz CT molecular complexity index is 864. The maximum atomic E-state index is 12.2. The lowest BCUT2D eigenvalue weighted by molar-refractivity contribution is 0.0849. The summed E-state index contributed by atoms with van der Waals surface area (Å²) >= 11 is 0. The third-order valence-electron chi connectivity index (χ3n) is 3.86. The van der Waals surface area contributed by atoms with Crippen LogP contribution >= 0.6 is 0 Å². The largest absolute Gasteiger partial charge is 0.377 e. The van der Waals surface area contributed by atoms with E-state index in [2.05, 4.69) is 0 Å². The van der Waals surface area contributed by atoms with Crippen LogP contribution < -0.4 is 0 Å². The van der Waals surface area contributed by atoms with Crippen molar-refractivity contribution in [2.45, 2.75) is 0 Å². The number of rotatable bonds is 5. The number of Topliss-reactive ketones (excluding diaryl/α,β-unsaturated/α-hetero) is 1. The van der Waals surface area contributed by atoms with Gasteiger partial charge in [0.2, 0.25) is 0 Å². The molecule has 0 aliphatic rings. The Kier molecular flexibility index (Phi) is 4.31. The summed E-state index contributed by atoms with van der Waals surface area (Å²) in [6, 6.07) is 19.0. The number of aldehydes is 1. The molecule has 0 saturated heterocycles. The van der Waals surface area contributed by atoms with E-state index in [4.69, 9.17) is 4.74 Å². The van der Waals surface area contributed by atoms with Gasteiger partial charge in [-0.2, -0.15) is 0 Å². The van der Waals surface area contributed by atoms with Crippen molar-refractivity contribution in [2.24, 2.45) is 0 Å². The van der Waals surface area contributed by atoms with Gasteiger partial charge in [-0.05, 0) is 21.9 Å². The van der Waals surface area contributed by atoms with Crippen molar-refractivity contribution < 1.29 is 14.3 Å². The minimum atomic E-state index is -0.0356. The van der Waals surface area contributed by atoms with Crippen LogP contribution in [0.25, 0.3) is 21.9 Å². The Labute approximate surface area is 134 Å². The van der Waals surface area contributed by atoms with E-state index >= 15 is 0 Å². The van der Waals surface area contributed by atoms with Gasteiger partial charge in [-0.15, -0.1) is 0 Å². The van der Waals surface area contributed by atoms with Gasteiger partial charge in [-0.3, -0.25) is 9.59 Å². The Morgan fingerprint density at radius 3 is 2.35 bits per heavy atom. The number of hydrogen-bond donors (Lipinski definition) is 0. The number of methoxy groups -OCH3 is 1. The molecule has 3 aromatic rings. The average molecular weight is 304 g/mol. The lowest BCUT2D eigenvalue weighted by Crippen LogP contribution is -2.07. The van der Waals surface area contributed by atoms with E-state index in [1.165, 1.54) is 7.11 Å². The van der Waals surface area contributed by atoms with E-state index in [0.29, 0.717) is 11.1 Å². The summed E-state index contributed by atoms with van der Waals surface area (Å²) < 4.78 is 4.96. The molecule has 114 valence electrons. The van der Waals surface area contributed by atoms with Crippen molar-refractivity contribution in [3.63, 3.8) is 0 Å². The predicted molar refractivity (Wildman–Crippen MR) is 91.0 cm³/mol. The summed E-state index contributed by atoms with van der Waals surface area (Å²) in [6.07, 6.45) is 0.828. The van der Waals surface area contributed by atoms with Gasteiger partial charge in [0, 0.05) is 18.2 Å². The lowest BCUT2D eigenvalue weighted by atomic mass is 9.94. The topological polar surface area (TPSA) is 43.4 Å². The first kappa shape index (κ1) is 15.1. The van der Waals surface area contributed by atoms with Crippen molar-refractivity contribution in [3.8, 4) is 11.1 Å². The molecule has 23 heavy (non-hydrogen) atoms. The summed E-state index contributed by atoms with van der Waals surface area (Å²) in [7, 11) is 1.52. The number of hydrogen-bond acceptors (Lipinski definition) is 3. The zero-order valence-corrected chi connectivity index (χ0v) is 12.8. The highest BCUT2D eigenvalue weighted by atomic mass is 16.5. The molecule has 0 aromatic heterocycles. The smallest absolute Gasteiger partial charge is 0.189 e. The molecular formula is C20H16O3. The summed E-state index contributed by atoms with van der Waals surface area (Å²) in [4.78, 5) is 23.0. The van der Waals surface area contributed by atoms with Gasteiger partial charge in [-0.1, -0.05) is 60.7 Å². The van der Waals surface area contributed by atoms with Crippen LogP contribution in [0.2, 0.25) is 0 Å². The van der Waals surface area contributed by atoms with E-state index in [1.807, 2.05) is 48.5 Å². The summed E-state index contributed by atoms with van der Waals surface area (Å²) in [6.45, 7) is 0.0668. The van der Waals surface area contributed by atoms with E-state index in [1.54, 1.807) is 12.1 Å². The first-order chi connectivity index (χ1) is 11.2. The fourth-order valence-electron chi connectivity index (χ4n) is 2.75. The molecule has 3 aromatic carbocycles. The highest BCUT2D eigenvalue weighted by molar-refractivity contribution is 6.11. The van der Waals surface area contributed by atoms with E-state index < -0.39 is 0 Å². The maximum Gasteiger partial charge on any atom is 0.189 e. The number of carbonyl (C=O) groups excluding carboxylic acids is 2. The van der Waals surface area contributed by atoms with E-state index in [9.17, 15) is 9.59 Å². The molecule has 0 radical (unpaired) electrons. The number of fused-ring (bicyclic) bond motifs is 1. The molecule has 0 saturated carbocycles. The molecule has 3 heteroatoms. The van der Waals surface area contributed by atoms with Crippen LogP contribution in [-0.2, 0) is 4.74 Å². The first-order valence-corrected chi connectivity index (χ1v) is 7.34. The van der Waals surface area contributed by atoms with Crippen LogP contribution in [0.5, 0.6) is 0 Å². The number of ketones is 1. The molecule has 0 heterocycles. The molecule has 0 fully saturated rings. The van der Waals surface area contributed by atoms with Crippen molar-refractivity contribution in [2.75, 3.05) is 13.7 Å². The maximum absolute atomic E-state index is 12.2.